The molecule has 0 fully saturated rings. The molecule has 6 heteroatoms. The van der Waals surface area contributed by atoms with Crippen molar-refractivity contribution < 1.29 is 0 Å². The number of nitrogens with zero attached hydrogens (tertiary/aromatic N) is 2. The highest BCUT2D eigenvalue weighted by molar-refractivity contribution is 9.10. The van der Waals surface area contributed by atoms with Crippen LogP contribution in [0.5, 0.6) is 0 Å². The number of anilines is 1. The molecule has 0 saturated heterocycles. The maximum absolute atomic E-state index is 5.88. The first-order valence-electron chi connectivity index (χ1n) is 4.18. The molecule has 0 bridgehead atoms. The first-order valence-corrected chi connectivity index (χ1v) is 6.61. The van der Waals surface area contributed by atoms with Crippen LogP contribution in [-0.4, -0.2) is 10.2 Å². The van der Waals surface area contributed by atoms with Gasteiger partial charge in [-0.25, -0.2) is 0 Å². The zero-order valence-electron chi connectivity index (χ0n) is 7.90. The Labute approximate surface area is 104 Å². The molecule has 78 valence electrons. The van der Waals surface area contributed by atoms with Crippen LogP contribution in [0.2, 0.25) is 0 Å². The quantitative estimate of drug-likeness (QED) is 0.864. The molecule has 1 heterocycles. The summed E-state index contributed by atoms with van der Waals surface area (Å²) in [5.74, 6) is 0. The molecule has 1 aromatic carbocycles. The van der Waals surface area contributed by atoms with Crippen molar-refractivity contribution in [3.63, 3.8) is 0 Å². The van der Waals surface area contributed by atoms with E-state index in [9.17, 15) is 0 Å². The van der Waals surface area contributed by atoms with Gasteiger partial charge in [-0.2, -0.15) is 0 Å². The highest BCUT2D eigenvalue weighted by Gasteiger charge is 2.06. The Hall–Kier alpha value is -0.590. The minimum atomic E-state index is 0.752. The molecule has 0 aliphatic carbocycles. The number of nitrogen functional groups attached to an aromatic ring is 1. The number of hydrogen-bond donors (Lipinski definition) is 1. The van der Waals surface area contributed by atoms with Crippen molar-refractivity contribution in [1.29, 1.82) is 0 Å². The molecule has 3 nitrogen and oxygen atoms in total. The molecule has 2 aromatic rings. The van der Waals surface area contributed by atoms with Gasteiger partial charge in [0.25, 0.3) is 0 Å². The molecule has 0 aliphatic rings. The van der Waals surface area contributed by atoms with Gasteiger partial charge in [0.05, 0.1) is 0 Å². The van der Waals surface area contributed by atoms with Crippen molar-refractivity contribution in [3.05, 3.63) is 27.7 Å². The van der Waals surface area contributed by atoms with Gasteiger partial charge < -0.3 is 5.73 Å². The van der Waals surface area contributed by atoms with Gasteiger partial charge in [0.1, 0.15) is 5.01 Å². The lowest BCUT2D eigenvalue weighted by Crippen LogP contribution is -1.87. The predicted molar refractivity (Wildman–Crippen MR) is 67.3 cm³/mol. The van der Waals surface area contributed by atoms with Gasteiger partial charge >= 0.3 is 0 Å². The summed E-state index contributed by atoms with van der Waals surface area (Å²) in [5.41, 5.74) is 6.63. The van der Waals surface area contributed by atoms with Crippen LogP contribution in [0.3, 0.4) is 0 Å². The van der Waals surface area contributed by atoms with Crippen LogP contribution < -0.4 is 5.73 Å². The van der Waals surface area contributed by atoms with Gasteiger partial charge in [0.2, 0.25) is 0 Å². The lowest BCUT2D eigenvalue weighted by Gasteiger charge is -2.02. The second kappa shape index (κ2) is 4.51. The number of nitrogens with two attached hydrogens (primary N) is 1. The van der Waals surface area contributed by atoms with E-state index in [-0.39, 0.29) is 0 Å². The van der Waals surface area contributed by atoms with Crippen LogP contribution in [0, 0.1) is 6.92 Å². The van der Waals surface area contributed by atoms with Crippen molar-refractivity contribution in [3.8, 4) is 0 Å². The van der Waals surface area contributed by atoms with Crippen LogP contribution >= 0.6 is 39.0 Å². The van der Waals surface area contributed by atoms with E-state index in [1.54, 1.807) is 23.1 Å². The third-order valence-corrected chi connectivity index (χ3v) is 4.15. The number of halogens is 1. The van der Waals surface area contributed by atoms with E-state index in [0.717, 1.165) is 24.4 Å². The van der Waals surface area contributed by atoms with Gasteiger partial charge in [-0.1, -0.05) is 39.0 Å². The topological polar surface area (TPSA) is 51.8 Å². The summed E-state index contributed by atoms with van der Waals surface area (Å²) in [5, 5.41) is 8.96. The highest BCUT2D eigenvalue weighted by Crippen LogP contribution is 2.34. The summed E-state index contributed by atoms with van der Waals surface area (Å²) >= 11 is 6.48. The van der Waals surface area contributed by atoms with Crippen molar-refractivity contribution in [2.24, 2.45) is 0 Å². The molecule has 0 amide bonds. The summed E-state index contributed by atoms with van der Waals surface area (Å²) < 4.78 is 1.90. The SMILES string of the molecule is Cc1nnc(Sc2ccc(Br)cc2N)s1. The van der Waals surface area contributed by atoms with Crippen LogP contribution in [0.4, 0.5) is 5.69 Å². The molecule has 2 rings (SSSR count). The van der Waals surface area contributed by atoms with Crippen LogP contribution in [0.25, 0.3) is 0 Å². The Morgan fingerprint density at radius 3 is 2.80 bits per heavy atom. The summed E-state index contributed by atoms with van der Waals surface area (Å²) in [7, 11) is 0. The van der Waals surface area contributed by atoms with E-state index in [1.807, 2.05) is 25.1 Å². The minimum Gasteiger partial charge on any atom is -0.398 e. The molecule has 0 saturated carbocycles. The van der Waals surface area contributed by atoms with E-state index in [1.165, 1.54) is 0 Å². The van der Waals surface area contributed by atoms with Gasteiger partial charge in [-0.3, -0.25) is 0 Å². The third kappa shape index (κ3) is 2.70. The number of aryl methyl sites for hydroxylation is 1. The van der Waals surface area contributed by atoms with Gasteiger partial charge in [-0.05, 0) is 25.1 Å². The van der Waals surface area contributed by atoms with Crippen LogP contribution in [-0.2, 0) is 0 Å². The van der Waals surface area contributed by atoms with Gasteiger partial charge in [0.15, 0.2) is 4.34 Å². The van der Waals surface area contributed by atoms with Crippen LogP contribution in [0.15, 0.2) is 31.9 Å². The molecule has 15 heavy (non-hydrogen) atoms. The smallest absolute Gasteiger partial charge is 0.179 e. The highest BCUT2D eigenvalue weighted by atomic mass is 79.9. The fraction of sp³-hybridized carbons (Fsp3) is 0.111. The average molecular weight is 302 g/mol. The Morgan fingerprint density at radius 1 is 1.40 bits per heavy atom. The number of benzene rings is 1. The first-order chi connectivity index (χ1) is 7.15. The molecular formula is C9H8BrN3S2. The third-order valence-electron chi connectivity index (χ3n) is 1.68. The largest absolute Gasteiger partial charge is 0.398 e. The molecule has 0 spiro atoms. The Bertz CT molecular complexity index is 484. The van der Waals surface area contributed by atoms with Crippen molar-refractivity contribution in [2.75, 3.05) is 5.73 Å². The Balaban J connectivity index is 2.24. The summed E-state index contributed by atoms with van der Waals surface area (Å²) in [6.45, 7) is 1.94. The first kappa shape index (κ1) is 10.9. The van der Waals surface area contributed by atoms with E-state index in [2.05, 4.69) is 26.1 Å². The number of aromatic nitrogens is 2. The molecule has 0 atom stereocenters. The standard InChI is InChI=1S/C9H8BrN3S2/c1-5-12-13-9(14-5)15-8-3-2-6(10)4-7(8)11/h2-4H,11H2,1H3. The second-order valence-corrected chi connectivity index (χ2v) is 6.26. The number of hydrogen-bond acceptors (Lipinski definition) is 5. The van der Waals surface area contributed by atoms with E-state index >= 15 is 0 Å². The maximum atomic E-state index is 5.88. The number of rotatable bonds is 2. The molecule has 0 aliphatic heterocycles. The average Bonchev–Trinajstić information content (AvgIpc) is 2.56. The zero-order chi connectivity index (χ0) is 10.8. The van der Waals surface area contributed by atoms with Crippen molar-refractivity contribution in [1.82, 2.24) is 10.2 Å². The van der Waals surface area contributed by atoms with Gasteiger partial charge in [0, 0.05) is 15.1 Å². The summed E-state index contributed by atoms with van der Waals surface area (Å²) in [6, 6.07) is 5.82. The Kier molecular flexibility index (Phi) is 3.28. The second-order valence-electron chi connectivity index (χ2n) is 2.87. The van der Waals surface area contributed by atoms with Gasteiger partial charge in [-0.15, -0.1) is 10.2 Å². The molecule has 1 aromatic heterocycles. The van der Waals surface area contributed by atoms with E-state index < -0.39 is 0 Å². The fourth-order valence-corrected chi connectivity index (χ4v) is 3.20. The lowest BCUT2D eigenvalue weighted by molar-refractivity contribution is 0.984. The molecule has 0 radical (unpaired) electrons. The summed E-state index contributed by atoms with van der Waals surface area (Å²) in [6.07, 6.45) is 0. The monoisotopic (exact) mass is 301 g/mol. The fourth-order valence-electron chi connectivity index (χ4n) is 1.03. The Morgan fingerprint density at radius 2 is 2.20 bits per heavy atom. The lowest BCUT2D eigenvalue weighted by atomic mass is 10.3. The van der Waals surface area contributed by atoms with Crippen molar-refractivity contribution >= 4 is 44.7 Å². The van der Waals surface area contributed by atoms with Crippen LogP contribution in [0.1, 0.15) is 5.01 Å². The van der Waals surface area contributed by atoms with E-state index in [0.29, 0.717) is 0 Å². The molecular weight excluding hydrogens is 294 g/mol. The molecule has 2 N–H and O–H groups in total. The summed E-state index contributed by atoms with van der Waals surface area (Å²) in [4.78, 5) is 1.01. The van der Waals surface area contributed by atoms with E-state index in [4.69, 9.17) is 5.73 Å². The normalized spacial score (nSPS) is 10.5. The minimum absolute atomic E-state index is 0.752. The predicted octanol–water partition coefficient (Wildman–Crippen LogP) is 3.34. The van der Waals surface area contributed by atoms with Crippen molar-refractivity contribution in [2.45, 2.75) is 16.2 Å². The maximum Gasteiger partial charge on any atom is 0.179 e. The molecule has 0 unspecified atom stereocenters. The zero-order valence-corrected chi connectivity index (χ0v) is 11.1.